The molecule has 0 spiro atoms. The molecule has 0 bridgehead atoms. The predicted octanol–water partition coefficient (Wildman–Crippen LogP) is 4.85. The lowest BCUT2D eigenvalue weighted by Gasteiger charge is -2.13. The van der Waals surface area contributed by atoms with Gasteiger partial charge in [-0.2, -0.15) is 0 Å². The molecule has 4 rings (SSSR count). The minimum absolute atomic E-state index is 0.0897. The maximum atomic E-state index is 13.2. The summed E-state index contributed by atoms with van der Waals surface area (Å²) in [6.07, 6.45) is 1.68. The molecule has 9 heteroatoms. The second-order valence-corrected chi connectivity index (χ2v) is 8.88. The molecule has 0 fully saturated rings. The van der Waals surface area contributed by atoms with Crippen LogP contribution in [0.1, 0.15) is 16.1 Å². The molecule has 1 aromatic heterocycles. The van der Waals surface area contributed by atoms with E-state index in [0.29, 0.717) is 11.4 Å². The smallest absolute Gasteiger partial charge is 0.261 e. The number of hydrogen-bond acceptors (Lipinski definition) is 5. The number of para-hydroxylation sites is 1. The van der Waals surface area contributed by atoms with Gasteiger partial charge in [0.05, 0.1) is 21.8 Å². The Morgan fingerprint density at radius 2 is 1.68 bits per heavy atom. The van der Waals surface area contributed by atoms with E-state index in [2.05, 4.69) is 15.0 Å². The fraction of sp³-hybridized carbons (Fsp3) is 0.0400. The summed E-state index contributed by atoms with van der Waals surface area (Å²) >= 11 is 0. The third-order valence-corrected chi connectivity index (χ3v) is 6.13. The summed E-state index contributed by atoms with van der Waals surface area (Å²) in [6.45, 7) is 0.270. The molecule has 0 aliphatic rings. The number of aromatic nitrogens is 1. The zero-order valence-corrected chi connectivity index (χ0v) is 18.6. The fourth-order valence-corrected chi connectivity index (χ4v) is 4.17. The Labute approximate surface area is 196 Å². The van der Waals surface area contributed by atoms with Crippen LogP contribution in [0.3, 0.4) is 0 Å². The molecule has 0 unspecified atom stereocenters. The van der Waals surface area contributed by atoms with E-state index in [1.165, 1.54) is 12.1 Å². The SMILES string of the molecule is O=C(Nc1cccc(OCc2ccccn2)c1)c1ccccc1NS(=O)(=O)c1ccc(F)cc1. The van der Waals surface area contributed by atoms with Crippen molar-refractivity contribution in [1.29, 1.82) is 0 Å². The van der Waals surface area contributed by atoms with Crippen molar-refractivity contribution in [2.75, 3.05) is 10.0 Å². The predicted molar refractivity (Wildman–Crippen MR) is 127 cm³/mol. The quantitative estimate of drug-likeness (QED) is 0.378. The highest BCUT2D eigenvalue weighted by atomic mass is 32.2. The molecule has 1 heterocycles. The number of amides is 1. The highest BCUT2D eigenvalue weighted by molar-refractivity contribution is 7.92. The lowest BCUT2D eigenvalue weighted by Crippen LogP contribution is -2.18. The van der Waals surface area contributed by atoms with E-state index in [4.69, 9.17) is 4.74 Å². The van der Waals surface area contributed by atoms with Crippen LogP contribution in [-0.4, -0.2) is 19.3 Å². The van der Waals surface area contributed by atoms with Crippen molar-refractivity contribution >= 4 is 27.3 Å². The first kappa shape index (κ1) is 22.9. The highest BCUT2D eigenvalue weighted by Crippen LogP contribution is 2.23. The Hall–Kier alpha value is -4.24. The summed E-state index contributed by atoms with van der Waals surface area (Å²) in [5.74, 6) is -0.530. The first-order valence-corrected chi connectivity index (χ1v) is 11.7. The summed E-state index contributed by atoms with van der Waals surface area (Å²) in [5.41, 5.74) is 1.44. The van der Waals surface area contributed by atoms with Gasteiger partial charge in [0.25, 0.3) is 15.9 Å². The van der Waals surface area contributed by atoms with E-state index in [1.807, 2.05) is 18.2 Å². The number of rotatable bonds is 8. The molecular formula is C25H20FN3O4S. The van der Waals surface area contributed by atoms with E-state index < -0.39 is 21.7 Å². The Morgan fingerprint density at radius 1 is 0.912 bits per heavy atom. The summed E-state index contributed by atoms with van der Waals surface area (Å²) in [6, 6.07) is 23.0. The summed E-state index contributed by atoms with van der Waals surface area (Å²) < 4.78 is 46.7. The van der Waals surface area contributed by atoms with Gasteiger partial charge in [-0.1, -0.05) is 24.3 Å². The van der Waals surface area contributed by atoms with Gasteiger partial charge in [-0.05, 0) is 60.7 Å². The van der Waals surface area contributed by atoms with Crippen LogP contribution >= 0.6 is 0 Å². The molecule has 0 aliphatic heterocycles. The average Bonchev–Trinajstić information content (AvgIpc) is 2.84. The molecule has 0 aliphatic carbocycles. The third-order valence-electron chi connectivity index (χ3n) is 4.74. The van der Waals surface area contributed by atoms with E-state index in [1.54, 1.807) is 42.6 Å². The van der Waals surface area contributed by atoms with Crippen molar-refractivity contribution in [3.05, 3.63) is 114 Å². The van der Waals surface area contributed by atoms with Crippen molar-refractivity contribution in [2.45, 2.75) is 11.5 Å². The van der Waals surface area contributed by atoms with Crippen molar-refractivity contribution in [3.63, 3.8) is 0 Å². The van der Waals surface area contributed by atoms with Gasteiger partial charge in [-0.15, -0.1) is 0 Å². The summed E-state index contributed by atoms with van der Waals surface area (Å²) in [5, 5.41) is 2.75. The van der Waals surface area contributed by atoms with Gasteiger partial charge >= 0.3 is 0 Å². The number of nitrogens with one attached hydrogen (secondary N) is 2. The minimum atomic E-state index is -4.02. The van der Waals surface area contributed by atoms with Gasteiger partial charge in [0.2, 0.25) is 0 Å². The maximum Gasteiger partial charge on any atom is 0.261 e. The van der Waals surface area contributed by atoms with Crippen LogP contribution in [0, 0.1) is 5.82 Å². The lowest BCUT2D eigenvalue weighted by molar-refractivity contribution is 0.102. The van der Waals surface area contributed by atoms with Gasteiger partial charge in [0, 0.05) is 18.0 Å². The molecule has 0 atom stereocenters. The molecule has 0 saturated heterocycles. The Kier molecular flexibility index (Phi) is 6.84. The molecule has 7 nitrogen and oxygen atoms in total. The lowest BCUT2D eigenvalue weighted by atomic mass is 10.1. The Bertz CT molecular complexity index is 1400. The first-order chi connectivity index (χ1) is 16.4. The zero-order valence-electron chi connectivity index (χ0n) is 17.8. The van der Waals surface area contributed by atoms with Gasteiger partial charge in [0.15, 0.2) is 0 Å². The largest absolute Gasteiger partial charge is 0.487 e. The standard InChI is InChI=1S/C25H20FN3O4S/c26-18-11-13-22(14-12-18)34(31,32)29-24-10-2-1-9-23(24)25(30)28-19-7-5-8-21(16-19)33-17-20-6-3-4-15-27-20/h1-16,29H,17H2,(H,28,30). The first-order valence-electron chi connectivity index (χ1n) is 10.2. The number of nitrogens with zero attached hydrogens (tertiary/aromatic N) is 1. The molecule has 34 heavy (non-hydrogen) atoms. The van der Waals surface area contributed by atoms with E-state index in [-0.39, 0.29) is 22.8 Å². The summed E-state index contributed by atoms with van der Waals surface area (Å²) in [7, 11) is -4.02. The van der Waals surface area contributed by atoms with Crippen LogP contribution in [-0.2, 0) is 16.6 Å². The van der Waals surface area contributed by atoms with E-state index in [9.17, 15) is 17.6 Å². The normalized spacial score (nSPS) is 11.0. The van der Waals surface area contributed by atoms with Gasteiger partial charge in [-0.25, -0.2) is 12.8 Å². The molecule has 4 aromatic rings. The number of anilines is 2. The number of halogens is 1. The maximum absolute atomic E-state index is 13.2. The Morgan fingerprint density at radius 3 is 2.44 bits per heavy atom. The molecule has 0 saturated carbocycles. The van der Waals surface area contributed by atoms with Gasteiger partial charge in [0.1, 0.15) is 18.2 Å². The van der Waals surface area contributed by atoms with Crippen LogP contribution in [0.5, 0.6) is 5.75 Å². The molecule has 172 valence electrons. The average molecular weight is 478 g/mol. The number of carbonyl (C=O) groups is 1. The number of sulfonamides is 1. The number of pyridine rings is 1. The van der Waals surface area contributed by atoms with Crippen LogP contribution in [0.2, 0.25) is 0 Å². The van der Waals surface area contributed by atoms with Crippen LogP contribution in [0.15, 0.2) is 102 Å². The highest BCUT2D eigenvalue weighted by Gasteiger charge is 2.19. The number of carbonyl (C=O) groups excluding carboxylic acids is 1. The fourth-order valence-electron chi connectivity index (χ4n) is 3.09. The van der Waals surface area contributed by atoms with Gasteiger partial charge in [-0.3, -0.25) is 14.5 Å². The van der Waals surface area contributed by atoms with Gasteiger partial charge < -0.3 is 10.1 Å². The third kappa shape index (κ3) is 5.76. The molecular weight excluding hydrogens is 457 g/mol. The second-order valence-electron chi connectivity index (χ2n) is 7.20. The Balaban J connectivity index is 1.48. The van der Waals surface area contributed by atoms with Crippen LogP contribution < -0.4 is 14.8 Å². The number of benzene rings is 3. The van der Waals surface area contributed by atoms with Crippen LogP contribution in [0.25, 0.3) is 0 Å². The van der Waals surface area contributed by atoms with Crippen LogP contribution in [0.4, 0.5) is 15.8 Å². The molecule has 0 radical (unpaired) electrons. The number of hydrogen-bond donors (Lipinski definition) is 2. The zero-order chi connectivity index (χ0) is 24.0. The van der Waals surface area contributed by atoms with Crippen molar-refractivity contribution < 1.29 is 22.3 Å². The van der Waals surface area contributed by atoms with E-state index in [0.717, 1.165) is 30.0 Å². The minimum Gasteiger partial charge on any atom is -0.487 e. The summed E-state index contributed by atoms with van der Waals surface area (Å²) in [4.78, 5) is 17.0. The number of ether oxygens (including phenoxy) is 1. The van der Waals surface area contributed by atoms with E-state index >= 15 is 0 Å². The monoisotopic (exact) mass is 477 g/mol. The molecule has 1 amide bonds. The molecule has 2 N–H and O–H groups in total. The second kappa shape index (κ2) is 10.1. The molecule has 3 aromatic carbocycles. The van der Waals surface area contributed by atoms with Crippen molar-refractivity contribution in [3.8, 4) is 5.75 Å². The van der Waals surface area contributed by atoms with Crippen molar-refractivity contribution in [2.24, 2.45) is 0 Å². The topological polar surface area (TPSA) is 97.4 Å². The van der Waals surface area contributed by atoms with Crippen molar-refractivity contribution in [1.82, 2.24) is 4.98 Å².